The third-order valence-electron chi connectivity index (χ3n) is 4.60. The number of aliphatic imine (C=N–C) groups is 1. The summed E-state index contributed by atoms with van der Waals surface area (Å²) in [5.74, 6) is 2.73. The van der Waals surface area contributed by atoms with Crippen molar-refractivity contribution in [3.8, 4) is 0 Å². The largest absolute Gasteiger partial charge is 0.356 e. The van der Waals surface area contributed by atoms with Crippen LogP contribution in [-0.2, 0) is 0 Å². The lowest BCUT2D eigenvalue weighted by molar-refractivity contribution is 0.139. The zero-order valence-corrected chi connectivity index (χ0v) is 15.9. The monoisotopic (exact) mass is 322 g/mol. The molecule has 1 rings (SSSR count). The van der Waals surface area contributed by atoms with Crippen LogP contribution in [0.5, 0.6) is 0 Å². The average molecular weight is 323 g/mol. The molecule has 0 aromatic carbocycles. The molecule has 0 aromatic heterocycles. The van der Waals surface area contributed by atoms with Crippen LogP contribution in [0.3, 0.4) is 0 Å². The number of unbranched alkanes of at least 4 members (excludes halogenated alkanes) is 2. The van der Waals surface area contributed by atoms with Crippen molar-refractivity contribution in [2.24, 2.45) is 16.8 Å². The van der Waals surface area contributed by atoms with Crippen LogP contribution in [-0.4, -0.2) is 62.6 Å². The molecule has 134 valence electrons. The van der Waals surface area contributed by atoms with Crippen molar-refractivity contribution in [3.05, 3.63) is 12.7 Å². The Bertz CT molecular complexity index is 343. The van der Waals surface area contributed by atoms with Crippen molar-refractivity contribution in [2.75, 3.05) is 46.8 Å². The van der Waals surface area contributed by atoms with E-state index in [0.29, 0.717) is 0 Å². The molecule has 1 N–H and O–H groups in total. The van der Waals surface area contributed by atoms with E-state index in [1.807, 2.05) is 13.1 Å². The van der Waals surface area contributed by atoms with Gasteiger partial charge in [-0.2, -0.15) is 0 Å². The molecule has 0 aromatic rings. The first kappa shape index (κ1) is 20.0. The fourth-order valence-electron chi connectivity index (χ4n) is 3.60. The second kappa shape index (κ2) is 11.5. The number of nitrogens with one attached hydrogen (secondary N) is 1. The minimum Gasteiger partial charge on any atom is -0.356 e. The minimum absolute atomic E-state index is 0.861. The van der Waals surface area contributed by atoms with Gasteiger partial charge in [0.15, 0.2) is 5.96 Å². The van der Waals surface area contributed by atoms with Gasteiger partial charge in [-0.3, -0.25) is 4.99 Å². The van der Waals surface area contributed by atoms with Crippen molar-refractivity contribution >= 4 is 5.96 Å². The number of hydrogen-bond acceptors (Lipinski definition) is 2. The Kier molecular flexibility index (Phi) is 10.0. The Labute approximate surface area is 144 Å². The van der Waals surface area contributed by atoms with Gasteiger partial charge in [0, 0.05) is 40.3 Å². The highest BCUT2D eigenvalue weighted by atomic mass is 15.3. The molecule has 1 aliphatic rings. The quantitative estimate of drug-likeness (QED) is 0.306. The second-order valence-corrected chi connectivity index (χ2v) is 7.24. The molecule has 2 atom stereocenters. The molecule has 0 bridgehead atoms. The Morgan fingerprint density at radius 1 is 1.26 bits per heavy atom. The van der Waals surface area contributed by atoms with Crippen molar-refractivity contribution in [3.63, 3.8) is 0 Å². The van der Waals surface area contributed by atoms with Gasteiger partial charge in [0.2, 0.25) is 0 Å². The maximum absolute atomic E-state index is 4.37. The van der Waals surface area contributed by atoms with Crippen LogP contribution in [0.1, 0.15) is 46.0 Å². The minimum atomic E-state index is 0.861. The number of rotatable bonds is 9. The van der Waals surface area contributed by atoms with E-state index in [9.17, 15) is 0 Å². The number of allylic oxidation sites excluding steroid dienone is 1. The number of nitrogens with zero attached hydrogens (tertiary/aromatic N) is 3. The van der Waals surface area contributed by atoms with Crippen molar-refractivity contribution in [1.82, 2.24) is 15.1 Å². The number of likely N-dealkylation sites (tertiary alicyclic amines) is 1. The summed E-state index contributed by atoms with van der Waals surface area (Å²) < 4.78 is 0. The normalized spacial score (nSPS) is 22.9. The van der Waals surface area contributed by atoms with Gasteiger partial charge < -0.3 is 15.1 Å². The molecule has 4 heteroatoms. The van der Waals surface area contributed by atoms with E-state index >= 15 is 0 Å². The van der Waals surface area contributed by atoms with Crippen molar-refractivity contribution in [2.45, 2.75) is 46.0 Å². The lowest BCUT2D eigenvalue weighted by Crippen LogP contribution is -2.40. The van der Waals surface area contributed by atoms with Gasteiger partial charge in [-0.1, -0.05) is 19.9 Å². The van der Waals surface area contributed by atoms with Gasteiger partial charge in [-0.15, -0.1) is 6.58 Å². The van der Waals surface area contributed by atoms with Crippen LogP contribution in [0.2, 0.25) is 0 Å². The lowest BCUT2D eigenvalue weighted by Gasteiger charge is -2.35. The van der Waals surface area contributed by atoms with E-state index in [0.717, 1.165) is 43.7 Å². The molecule has 1 fully saturated rings. The summed E-state index contributed by atoms with van der Waals surface area (Å²) in [5.41, 5.74) is 0. The molecule has 0 spiro atoms. The summed E-state index contributed by atoms with van der Waals surface area (Å²) in [6, 6.07) is 0. The average Bonchev–Trinajstić information content (AvgIpc) is 2.50. The summed E-state index contributed by atoms with van der Waals surface area (Å²) in [6.07, 6.45) is 8.04. The van der Waals surface area contributed by atoms with Crippen LogP contribution in [0.4, 0.5) is 0 Å². The maximum atomic E-state index is 4.37. The number of guanidine groups is 1. The van der Waals surface area contributed by atoms with E-state index in [1.165, 1.54) is 38.9 Å². The SMILES string of the molecule is C=CCCCN(C)C(=NC)NCCCCN1CC(C)CC(C)C1. The molecule has 0 radical (unpaired) electrons. The zero-order valence-electron chi connectivity index (χ0n) is 15.9. The Morgan fingerprint density at radius 3 is 2.57 bits per heavy atom. The first-order chi connectivity index (χ1) is 11.1. The maximum Gasteiger partial charge on any atom is 0.193 e. The van der Waals surface area contributed by atoms with Crippen LogP contribution >= 0.6 is 0 Å². The molecule has 23 heavy (non-hydrogen) atoms. The predicted octanol–water partition coefficient (Wildman–Crippen LogP) is 3.22. The molecule has 4 nitrogen and oxygen atoms in total. The van der Waals surface area contributed by atoms with Crippen molar-refractivity contribution < 1.29 is 0 Å². The van der Waals surface area contributed by atoms with Gasteiger partial charge in [0.05, 0.1) is 0 Å². The highest BCUT2D eigenvalue weighted by Crippen LogP contribution is 2.20. The third-order valence-corrected chi connectivity index (χ3v) is 4.60. The van der Waals surface area contributed by atoms with Gasteiger partial charge >= 0.3 is 0 Å². The molecule has 0 amide bonds. The number of hydrogen-bond donors (Lipinski definition) is 1. The summed E-state index contributed by atoms with van der Waals surface area (Å²) in [7, 11) is 3.97. The van der Waals surface area contributed by atoms with E-state index in [1.54, 1.807) is 0 Å². The lowest BCUT2D eigenvalue weighted by atomic mass is 9.92. The molecule has 1 saturated heterocycles. The summed E-state index contributed by atoms with van der Waals surface area (Å²) >= 11 is 0. The molecule has 2 unspecified atom stereocenters. The molecule has 1 heterocycles. The first-order valence-electron chi connectivity index (χ1n) is 9.31. The van der Waals surface area contributed by atoms with E-state index in [4.69, 9.17) is 0 Å². The standard InChI is InChI=1S/C19H38N4/c1-6-7-9-12-22(5)19(20-4)21-11-8-10-13-23-15-17(2)14-18(3)16-23/h6,17-18H,1,7-16H2,2-5H3,(H,20,21). The Morgan fingerprint density at radius 2 is 1.96 bits per heavy atom. The summed E-state index contributed by atoms with van der Waals surface area (Å²) in [5, 5.41) is 3.48. The molecule has 1 aliphatic heterocycles. The fraction of sp³-hybridized carbons (Fsp3) is 0.842. The van der Waals surface area contributed by atoms with Crippen LogP contribution in [0.15, 0.2) is 17.6 Å². The molecular formula is C19H38N4. The molecule has 0 saturated carbocycles. The smallest absolute Gasteiger partial charge is 0.193 e. The zero-order chi connectivity index (χ0) is 17.1. The Balaban J connectivity index is 2.14. The highest BCUT2D eigenvalue weighted by molar-refractivity contribution is 5.79. The van der Waals surface area contributed by atoms with Crippen LogP contribution < -0.4 is 5.32 Å². The van der Waals surface area contributed by atoms with Crippen LogP contribution in [0, 0.1) is 11.8 Å². The summed E-state index contributed by atoms with van der Waals surface area (Å²) in [4.78, 5) is 9.22. The third kappa shape index (κ3) is 8.40. The summed E-state index contributed by atoms with van der Waals surface area (Å²) in [6.45, 7) is 14.4. The fourth-order valence-corrected chi connectivity index (χ4v) is 3.60. The van der Waals surface area contributed by atoms with Crippen molar-refractivity contribution in [1.29, 1.82) is 0 Å². The van der Waals surface area contributed by atoms with Gasteiger partial charge in [0.1, 0.15) is 0 Å². The predicted molar refractivity (Wildman–Crippen MR) is 102 cm³/mol. The van der Waals surface area contributed by atoms with E-state index in [2.05, 4.69) is 47.6 Å². The Hall–Kier alpha value is -1.03. The highest BCUT2D eigenvalue weighted by Gasteiger charge is 2.20. The molecular weight excluding hydrogens is 284 g/mol. The van der Waals surface area contributed by atoms with Gasteiger partial charge in [-0.25, -0.2) is 0 Å². The first-order valence-corrected chi connectivity index (χ1v) is 9.31. The second-order valence-electron chi connectivity index (χ2n) is 7.24. The number of piperidine rings is 1. The van der Waals surface area contributed by atoms with E-state index < -0.39 is 0 Å². The topological polar surface area (TPSA) is 30.9 Å². The van der Waals surface area contributed by atoms with E-state index in [-0.39, 0.29) is 0 Å². The van der Waals surface area contributed by atoms with Crippen LogP contribution in [0.25, 0.3) is 0 Å². The van der Waals surface area contributed by atoms with Gasteiger partial charge in [0.25, 0.3) is 0 Å². The van der Waals surface area contributed by atoms with Gasteiger partial charge in [-0.05, 0) is 50.5 Å². The molecule has 0 aliphatic carbocycles.